The number of Topliss-reactive ketones (excluding diaryl/α,β-unsaturated/α-hetero) is 1. The van der Waals surface area contributed by atoms with Gasteiger partial charge in [-0.3, -0.25) is 4.79 Å². The van der Waals surface area contributed by atoms with Crippen molar-refractivity contribution in [1.82, 2.24) is 0 Å². The number of benzene rings is 1. The molecule has 0 heterocycles. The van der Waals surface area contributed by atoms with Crippen molar-refractivity contribution >= 4 is 11.5 Å². The van der Waals surface area contributed by atoms with Crippen molar-refractivity contribution in [2.45, 2.75) is 19.8 Å². The molecule has 0 bridgehead atoms. The van der Waals surface area contributed by atoms with Gasteiger partial charge in [0.15, 0.2) is 5.78 Å². The van der Waals surface area contributed by atoms with E-state index in [0.29, 0.717) is 17.9 Å². The lowest BCUT2D eigenvalue weighted by molar-refractivity contribution is 0.101. The van der Waals surface area contributed by atoms with Gasteiger partial charge < -0.3 is 14.4 Å². The molecule has 0 radical (unpaired) electrons. The highest BCUT2D eigenvalue weighted by Gasteiger charge is 2.21. The van der Waals surface area contributed by atoms with Crippen LogP contribution in [0, 0.1) is 5.92 Å². The van der Waals surface area contributed by atoms with E-state index in [0.717, 1.165) is 24.8 Å². The van der Waals surface area contributed by atoms with E-state index < -0.39 is 0 Å². The predicted molar refractivity (Wildman–Crippen MR) is 79.8 cm³/mol. The van der Waals surface area contributed by atoms with E-state index in [-0.39, 0.29) is 5.78 Å². The van der Waals surface area contributed by atoms with Crippen LogP contribution in [0.15, 0.2) is 18.2 Å². The molecule has 0 saturated heterocycles. The molecule has 0 amide bonds. The molecule has 20 heavy (non-hydrogen) atoms. The first-order valence-electron chi connectivity index (χ1n) is 7.10. The van der Waals surface area contributed by atoms with Crippen LogP contribution in [0.3, 0.4) is 0 Å². The van der Waals surface area contributed by atoms with Crippen molar-refractivity contribution in [3.05, 3.63) is 23.8 Å². The van der Waals surface area contributed by atoms with Gasteiger partial charge in [-0.15, -0.1) is 0 Å². The lowest BCUT2D eigenvalue weighted by Gasteiger charge is -2.22. The van der Waals surface area contributed by atoms with Crippen molar-refractivity contribution in [3.63, 3.8) is 0 Å². The van der Waals surface area contributed by atoms with Gasteiger partial charge in [0, 0.05) is 20.2 Å². The molecule has 110 valence electrons. The fourth-order valence-corrected chi connectivity index (χ4v) is 2.22. The quantitative estimate of drug-likeness (QED) is 0.541. The predicted octanol–water partition coefficient (Wildman–Crippen LogP) is 2.76. The number of carbonyl (C=O) groups is 1. The molecule has 0 spiro atoms. The number of methoxy groups -OCH3 is 1. The number of nitrogens with zero attached hydrogens (tertiary/aromatic N) is 1. The maximum absolute atomic E-state index is 11.8. The molecule has 4 heteroatoms. The fraction of sp³-hybridized carbons (Fsp3) is 0.562. The Labute approximate surface area is 120 Å². The smallest absolute Gasteiger partial charge is 0.165 e. The van der Waals surface area contributed by atoms with Crippen LogP contribution < -0.4 is 9.64 Å². The Balaban J connectivity index is 1.99. The Morgan fingerprint density at radius 3 is 2.75 bits per heavy atom. The Morgan fingerprint density at radius 2 is 2.15 bits per heavy atom. The van der Waals surface area contributed by atoms with Crippen LogP contribution in [-0.2, 0) is 4.74 Å². The molecule has 1 aliphatic carbocycles. The zero-order chi connectivity index (χ0) is 14.5. The molecule has 1 aromatic carbocycles. The maximum atomic E-state index is 11.8. The van der Waals surface area contributed by atoms with Crippen molar-refractivity contribution in [3.8, 4) is 5.75 Å². The van der Waals surface area contributed by atoms with Crippen LogP contribution in [0.4, 0.5) is 5.69 Å². The van der Waals surface area contributed by atoms with E-state index in [9.17, 15) is 4.79 Å². The Kier molecular flexibility index (Phi) is 5.01. The molecule has 0 unspecified atom stereocenters. The topological polar surface area (TPSA) is 38.8 Å². The van der Waals surface area contributed by atoms with Gasteiger partial charge in [-0.25, -0.2) is 0 Å². The van der Waals surface area contributed by atoms with Crippen LogP contribution >= 0.6 is 0 Å². The monoisotopic (exact) mass is 277 g/mol. The van der Waals surface area contributed by atoms with E-state index in [1.807, 2.05) is 30.1 Å². The van der Waals surface area contributed by atoms with Gasteiger partial charge in [0.2, 0.25) is 0 Å². The first kappa shape index (κ1) is 14.9. The third-order valence-corrected chi connectivity index (χ3v) is 3.61. The Morgan fingerprint density at radius 1 is 1.40 bits per heavy atom. The van der Waals surface area contributed by atoms with Gasteiger partial charge >= 0.3 is 0 Å². The molecular weight excluding hydrogens is 254 g/mol. The maximum Gasteiger partial charge on any atom is 0.165 e. The van der Waals surface area contributed by atoms with Crippen LogP contribution in [0.5, 0.6) is 5.75 Å². The van der Waals surface area contributed by atoms with Gasteiger partial charge in [0.05, 0.1) is 25.0 Å². The lowest BCUT2D eigenvalue weighted by atomic mass is 10.1. The summed E-state index contributed by atoms with van der Waals surface area (Å²) in [6.45, 7) is 3.88. The van der Waals surface area contributed by atoms with Crippen molar-refractivity contribution in [2.24, 2.45) is 5.92 Å². The van der Waals surface area contributed by atoms with Crippen molar-refractivity contribution in [1.29, 1.82) is 0 Å². The molecule has 1 fully saturated rings. The minimum atomic E-state index is 0.0169. The van der Waals surface area contributed by atoms with Gasteiger partial charge in [-0.1, -0.05) is 6.07 Å². The highest BCUT2D eigenvalue weighted by Crippen LogP contribution is 2.30. The molecule has 1 aromatic rings. The van der Waals surface area contributed by atoms with Gasteiger partial charge in [-0.05, 0) is 37.8 Å². The first-order chi connectivity index (χ1) is 9.63. The lowest BCUT2D eigenvalue weighted by Crippen LogP contribution is -2.24. The molecule has 2 rings (SSSR count). The van der Waals surface area contributed by atoms with Crippen LogP contribution in [0.25, 0.3) is 0 Å². The van der Waals surface area contributed by atoms with E-state index >= 15 is 0 Å². The third-order valence-electron chi connectivity index (χ3n) is 3.61. The number of hydrogen-bond acceptors (Lipinski definition) is 4. The molecule has 0 atom stereocenters. The number of anilines is 1. The second-order valence-electron chi connectivity index (χ2n) is 5.35. The highest BCUT2D eigenvalue weighted by atomic mass is 16.5. The molecule has 1 aliphatic rings. The largest absolute Gasteiger partial charge is 0.496 e. The minimum Gasteiger partial charge on any atom is -0.496 e. The Hall–Kier alpha value is -1.55. The van der Waals surface area contributed by atoms with Crippen molar-refractivity contribution < 1.29 is 14.3 Å². The molecule has 0 aromatic heterocycles. The van der Waals surface area contributed by atoms with E-state index in [4.69, 9.17) is 9.47 Å². The van der Waals surface area contributed by atoms with Gasteiger partial charge in [0.25, 0.3) is 0 Å². The number of ether oxygens (including phenoxy) is 2. The third kappa shape index (κ3) is 3.73. The SMILES string of the molecule is COc1cccc(N(C)CCOCC2CC2)c1C(C)=O. The average molecular weight is 277 g/mol. The van der Waals surface area contributed by atoms with Crippen LogP contribution in [0.2, 0.25) is 0 Å². The summed E-state index contributed by atoms with van der Waals surface area (Å²) >= 11 is 0. The fourth-order valence-electron chi connectivity index (χ4n) is 2.22. The summed E-state index contributed by atoms with van der Waals surface area (Å²) < 4.78 is 10.9. The molecular formula is C16H23NO3. The number of hydrogen-bond donors (Lipinski definition) is 0. The minimum absolute atomic E-state index is 0.0169. The number of rotatable bonds is 8. The van der Waals surface area contributed by atoms with E-state index in [2.05, 4.69) is 0 Å². The first-order valence-corrected chi connectivity index (χ1v) is 7.10. The number of carbonyl (C=O) groups excluding carboxylic acids is 1. The normalized spacial score (nSPS) is 14.2. The second-order valence-corrected chi connectivity index (χ2v) is 5.35. The summed E-state index contributed by atoms with van der Waals surface area (Å²) in [5, 5.41) is 0. The molecule has 1 saturated carbocycles. The summed E-state index contributed by atoms with van der Waals surface area (Å²) in [6.07, 6.45) is 2.61. The van der Waals surface area contributed by atoms with Gasteiger partial charge in [-0.2, -0.15) is 0 Å². The highest BCUT2D eigenvalue weighted by molar-refractivity contribution is 6.02. The standard InChI is InChI=1S/C16H23NO3/c1-12(18)16-14(5-4-6-15(16)19-3)17(2)9-10-20-11-13-7-8-13/h4-6,13H,7-11H2,1-3H3. The zero-order valence-electron chi connectivity index (χ0n) is 12.5. The van der Waals surface area contributed by atoms with E-state index in [1.54, 1.807) is 14.0 Å². The molecule has 4 nitrogen and oxygen atoms in total. The van der Waals surface area contributed by atoms with E-state index in [1.165, 1.54) is 12.8 Å². The van der Waals surface area contributed by atoms with Crippen LogP contribution in [-0.4, -0.2) is 39.7 Å². The summed E-state index contributed by atoms with van der Waals surface area (Å²) in [7, 11) is 3.56. The molecule has 0 N–H and O–H groups in total. The summed E-state index contributed by atoms with van der Waals surface area (Å²) in [5.74, 6) is 1.42. The summed E-state index contributed by atoms with van der Waals surface area (Å²) in [5.41, 5.74) is 1.53. The number of likely N-dealkylation sites (N-methyl/N-ethyl adjacent to an activating group) is 1. The summed E-state index contributed by atoms with van der Waals surface area (Å²) in [6, 6.07) is 5.67. The second kappa shape index (κ2) is 6.75. The summed E-state index contributed by atoms with van der Waals surface area (Å²) in [4.78, 5) is 13.9. The molecule has 0 aliphatic heterocycles. The number of ketones is 1. The van der Waals surface area contributed by atoms with Crippen molar-refractivity contribution in [2.75, 3.05) is 38.8 Å². The average Bonchev–Trinajstić information content (AvgIpc) is 3.26. The Bertz CT molecular complexity index is 469. The van der Waals surface area contributed by atoms with Gasteiger partial charge in [0.1, 0.15) is 5.75 Å². The zero-order valence-corrected chi connectivity index (χ0v) is 12.5. The van der Waals surface area contributed by atoms with Crippen LogP contribution in [0.1, 0.15) is 30.1 Å².